The molecule has 0 heterocycles. The van der Waals surface area contributed by atoms with Gasteiger partial charge in [0.05, 0.1) is 7.11 Å². The normalized spacial score (nSPS) is 17.9. The van der Waals surface area contributed by atoms with E-state index in [1.54, 1.807) is 7.11 Å². The summed E-state index contributed by atoms with van der Waals surface area (Å²) in [6.07, 6.45) is 12.5. The number of hydrogen-bond donors (Lipinski definition) is 2. The topological polar surface area (TPSA) is 50.7 Å². The third-order valence-corrected chi connectivity index (χ3v) is 4.73. The highest BCUT2D eigenvalue weighted by Gasteiger charge is 2.14. The highest BCUT2D eigenvalue weighted by molar-refractivity contribution is 5.55. The Hall–Kier alpha value is -1.52. The molecule has 1 aliphatic rings. The zero-order chi connectivity index (χ0) is 17.9. The molecule has 25 heavy (non-hydrogen) atoms. The Labute approximate surface area is 152 Å². The van der Waals surface area contributed by atoms with Crippen molar-refractivity contribution >= 4 is 6.08 Å². The molecular weight excluding hydrogens is 314 g/mol. The molecule has 0 unspecified atom stereocenters. The molecule has 1 atom stereocenters. The number of aliphatic hydroxyl groups is 1. The van der Waals surface area contributed by atoms with Crippen LogP contribution >= 0.6 is 0 Å². The molecule has 1 aliphatic carbocycles. The van der Waals surface area contributed by atoms with Gasteiger partial charge < -0.3 is 19.9 Å². The van der Waals surface area contributed by atoms with Crippen molar-refractivity contribution in [3.8, 4) is 11.5 Å². The van der Waals surface area contributed by atoms with Crippen LogP contribution in [0.2, 0.25) is 0 Å². The summed E-state index contributed by atoms with van der Waals surface area (Å²) >= 11 is 0. The average Bonchev–Trinajstić information content (AvgIpc) is 2.59. The van der Waals surface area contributed by atoms with Crippen molar-refractivity contribution in [3.63, 3.8) is 0 Å². The largest absolute Gasteiger partial charge is 0.493 e. The van der Waals surface area contributed by atoms with Gasteiger partial charge in [-0.3, -0.25) is 0 Å². The molecule has 0 aliphatic heterocycles. The van der Waals surface area contributed by atoms with E-state index in [2.05, 4.69) is 5.32 Å². The smallest absolute Gasteiger partial charge is 0.161 e. The van der Waals surface area contributed by atoms with Crippen molar-refractivity contribution in [1.29, 1.82) is 0 Å². The van der Waals surface area contributed by atoms with Crippen LogP contribution in [0.5, 0.6) is 11.5 Å². The molecule has 2 N–H and O–H groups in total. The number of ether oxygens (including phenoxy) is 2. The van der Waals surface area contributed by atoms with E-state index >= 15 is 0 Å². The summed E-state index contributed by atoms with van der Waals surface area (Å²) in [6.45, 7) is 2.82. The zero-order valence-corrected chi connectivity index (χ0v) is 15.7. The molecule has 0 radical (unpaired) electrons. The maximum Gasteiger partial charge on any atom is 0.161 e. The lowest BCUT2D eigenvalue weighted by Crippen LogP contribution is -2.38. The van der Waals surface area contributed by atoms with Crippen molar-refractivity contribution in [1.82, 2.24) is 5.32 Å². The van der Waals surface area contributed by atoms with Crippen LogP contribution in [0.15, 0.2) is 24.3 Å². The number of nitrogens with one attached hydrogen (secondary N) is 1. The molecule has 0 bridgehead atoms. The summed E-state index contributed by atoms with van der Waals surface area (Å²) < 4.78 is 11.2. The van der Waals surface area contributed by atoms with E-state index in [4.69, 9.17) is 9.47 Å². The molecule has 4 heteroatoms. The summed E-state index contributed by atoms with van der Waals surface area (Å²) in [5.74, 6) is 1.36. The summed E-state index contributed by atoms with van der Waals surface area (Å²) in [7, 11) is 1.63. The van der Waals surface area contributed by atoms with Crippen LogP contribution in [-0.2, 0) is 0 Å². The lowest BCUT2D eigenvalue weighted by Gasteiger charge is -2.23. The Morgan fingerprint density at radius 3 is 2.56 bits per heavy atom. The molecule has 140 valence electrons. The third kappa shape index (κ3) is 7.09. The first-order valence-corrected chi connectivity index (χ1v) is 9.58. The van der Waals surface area contributed by atoms with Gasteiger partial charge in [0.1, 0.15) is 12.7 Å². The quantitative estimate of drug-likeness (QED) is 0.741. The summed E-state index contributed by atoms with van der Waals surface area (Å²) in [4.78, 5) is 0. The predicted molar refractivity (Wildman–Crippen MR) is 103 cm³/mol. The fourth-order valence-electron chi connectivity index (χ4n) is 3.31. The second-order valence-electron chi connectivity index (χ2n) is 6.83. The van der Waals surface area contributed by atoms with Gasteiger partial charge in [0, 0.05) is 12.6 Å². The fourth-order valence-corrected chi connectivity index (χ4v) is 3.31. The Bertz CT molecular complexity index is 522. The molecule has 0 amide bonds. The summed E-state index contributed by atoms with van der Waals surface area (Å²) in [6, 6.07) is 6.35. The first-order chi connectivity index (χ1) is 12.2. The van der Waals surface area contributed by atoms with Gasteiger partial charge in [-0.1, -0.05) is 50.3 Å². The van der Waals surface area contributed by atoms with Crippen LogP contribution in [-0.4, -0.2) is 37.5 Å². The number of methoxy groups -OCH3 is 1. The molecule has 1 aromatic carbocycles. The third-order valence-electron chi connectivity index (χ3n) is 4.73. The fraction of sp³-hybridized carbons (Fsp3) is 0.619. The SMILES string of the molecule is C/C=C/c1ccc(OC[C@@H](O)CNC2CCCCCCC2)c(OC)c1. The highest BCUT2D eigenvalue weighted by atomic mass is 16.5. The Morgan fingerprint density at radius 2 is 1.88 bits per heavy atom. The minimum Gasteiger partial charge on any atom is -0.493 e. The van der Waals surface area contributed by atoms with Crippen LogP contribution in [0.3, 0.4) is 0 Å². The van der Waals surface area contributed by atoms with E-state index < -0.39 is 6.10 Å². The maximum atomic E-state index is 10.2. The first kappa shape index (κ1) is 19.8. The van der Waals surface area contributed by atoms with E-state index in [0.29, 0.717) is 24.1 Å². The second kappa shape index (κ2) is 11.2. The van der Waals surface area contributed by atoms with Gasteiger partial charge in [-0.25, -0.2) is 0 Å². The Morgan fingerprint density at radius 1 is 1.16 bits per heavy atom. The van der Waals surface area contributed by atoms with E-state index in [9.17, 15) is 5.11 Å². The number of aliphatic hydroxyl groups excluding tert-OH is 1. The molecule has 0 spiro atoms. The van der Waals surface area contributed by atoms with Crippen molar-refractivity contribution in [2.24, 2.45) is 0 Å². The number of hydrogen-bond acceptors (Lipinski definition) is 4. The van der Waals surface area contributed by atoms with Gasteiger partial charge in [0.25, 0.3) is 0 Å². The number of rotatable bonds is 8. The molecule has 1 aromatic rings. The van der Waals surface area contributed by atoms with Gasteiger partial charge >= 0.3 is 0 Å². The Balaban J connectivity index is 1.78. The van der Waals surface area contributed by atoms with Gasteiger partial charge in [-0.05, 0) is 37.5 Å². The van der Waals surface area contributed by atoms with E-state index in [1.807, 2.05) is 37.3 Å². The van der Waals surface area contributed by atoms with E-state index in [-0.39, 0.29) is 6.61 Å². The average molecular weight is 347 g/mol. The first-order valence-electron chi connectivity index (χ1n) is 9.58. The van der Waals surface area contributed by atoms with Crippen LogP contribution in [0.1, 0.15) is 57.4 Å². The minimum atomic E-state index is -0.523. The lowest BCUT2D eigenvalue weighted by atomic mass is 9.96. The van der Waals surface area contributed by atoms with Crippen molar-refractivity contribution in [2.45, 2.75) is 64.0 Å². The predicted octanol–water partition coefficient (Wildman–Crippen LogP) is 4.17. The lowest BCUT2D eigenvalue weighted by molar-refractivity contribution is 0.101. The van der Waals surface area contributed by atoms with E-state index in [1.165, 1.54) is 44.9 Å². The van der Waals surface area contributed by atoms with Crippen LogP contribution in [0.25, 0.3) is 6.08 Å². The standard InChI is InChI=1S/C21H33NO3/c1-3-9-17-12-13-20(21(14-17)24-2)25-16-19(23)15-22-18-10-7-5-4-6-8-11-18/h3,9,12-14,18-19,22-23H,4-8,10-11,15-16H2,1-2H3/b9-3+/t19-/m0/s1. The van der Waals surface area contributed by atoms with Crippen LogP contribution in [0.4, 0.5) is 0 Å². The van der Waals surface area contributed by atoms with Crippen molar-refractivity contribution in [2.75, 3.05) is 20.3 Å². The summed E-state index contributed by atoms with van der Waals surface area (Å²) in [5.41, 5.74) is 1.07. The van der Waals surface area contributed by atoms with E-state index in [0.717, 1.165) is 5.56 Å². The molecule has 1 saturated carbocycles. The molecule has 0 saturated heterocycles. The Kier molecular flexibility index (Phi) is 8.84. The molecule has 2 rings (SSSR count). The van der Waals surface area contributed by atoms with Gasteiger partial charge in [-0.2, -0.15) is 0 Å². The zero-order valence-electron chi connectivity index (χ0n) is 15.7. The maximum absolute atomic E-state index is 10.2. The molecular formula is C21H33NO3. The van der Waals surface area contributed by atoms with Crippen LogP contribution < -0.4 is 14.8 Å². The van der Waals surface area contributed by atoms with Crippen molar-refractivity contribution < 1.29 is 14.6 Å². The molecule has 1 fully saturated rings. The van der Waals surface area contributed by atoms with Crippen molar-refractivity contribution in [3.05, 3.63) is 29.8 Å². The van der Waals surface area contributed by atoms with Gasteiger partial charge in [0.2, 0.25) is 0 Å². The molecule has 4 nitrogen and oxygen atoms in total. The van der Waals surface area contributed by atoms with Crippen LogP contribution in [0, 0.1) is 0 Å². The summed E-state index contributed by atoms with van der Waals surface area (Å²) in [5, 5.41) is 13.7. The minimum absolute atomic E-state index is 0.263. The second-order valence-corrected chi connectivity index (χ2v) is 6.83. The monoisotopic (exact) mass is 347 g/mol. The highest BCUT2D eigenvalue weighted by Crippen LogP contribution is 2.28. The number of benzene rings is 1. The molecule has 0 aromatic heterocycles. The van der Waals surface area contributed by atoms with Gasteiger partial charge in [-0.15, -0.1) is 0 Å². The number of allylic oxidation sites excluding steroid dienone is 1. The van der Waals surface area contributed by atoms with Gasteiger partial charge in [0.15, 0.2) is 11.5 Å².